The maximum absolute atomic E-state index is 12.0. The van der Waals surface area contributed by atoms with Crippen LogP contribution in [0.4, 0.5) is 0 Å². The topological polar surface area (TPSA) is 41.6 Å². The van der Waals surface area contributed by atoms with Gasteiger partial charge in [0.15, 0.2) is 0 Å². The molecule has 4 nitrogen and oxygen atoms in total. The number of hydrogen-bond acceptors (Lipinski definition) is 3. The first-order chi connectivity index (χ1) is 11.2. The Labute approximate surface area is 138 Å². The molecule has 0 radical (unpaired) electrons. The summed E-state index contributed by atoms with van der Waals surface area (Å²) in [7, 11) is 1.68. The van der Waals surface area contributed by atoms with Gasteiger partial charge in [0.1, 0.15) is 5.75 Å². The Morgan fingerprint density at radius 1 is 1.17 bits per heavy atom. The van der Waals surface area contributed by atoms with Crippen molar-refractivity contribution in [3.05, 3.63) is 42.0 Å². The monoisotopic (exact) mass is 314 g/mol. The molecule has 1 N–H and O–H groups in total. The van der Waals surface area contributed by atoms with Crippen LogP contribution in [-0.4, -0.2) is 44.1 Å². The summed E-state index contributed by atoms with van der Waals surface area (Å²) in [6.07, 6.45) is 0.814. The normalized spacial score (nSPS) is 11.0. The van der Waals surface area contributed by atoms with Gasteiger partial charge in [-0.25, -0.2) is 0 Å². The van der Waals surface area contributed by atoms with E-state index in [-0.39, 0.29) is 5.91 Å². The van der Waals surface area contributed by atoms with Gasteiger partial charge in [-0.05, 0) is 48.0 Å². The van der Waals surface area contributed by atoms with Crippen molar-refractivity contribution in [2.24, 2.45) is 0 Å². The number of methoxy groups -OCH3 is 1. The molecule has 124 valence electrons. The van der Waals surface area contributed by atoms with E-state index in [1.165, 1.54) is 16.3 Å². The molecule has 0 heterocycles. The largest absolute Gasteiger partial charge is 0.497 e. The standard InChI is InChI=1S/C19H26N2O2/c1-4-21(5-2)14-19(22)20-12-11-16-8-6-7-15-9-10-17(23-3)13-18(15)16/h6-10,13H,4-5,11-12,14H2,1-3H3,(H,20,22). The number of likely N-dealkylation sites (N-methyl/N-ethyl adjacent to an activating group) is 1. The number of benzene rings is 2. The molecule has 0 saturated carbocycles. The Balaban J connectivity index is 1.98. The molecule has 2 rings (SSSR count). The van der Waals surface area contributed by atoms with Gasteiger partial charge in [0.05, 0.1) is 13.7 Å². The first-order valence-electron chi connectivity index (χ1n) is 8.22. The minimum Gasteiger partial charge on any atom is -0.497 e. The molecule has 0 aliphatic heterocycles. The first kappa shape index (κ1) is 17.3. The Morgan fingerprint density at radius 2 is 1.96 bits per heavy atom. The Morgan fingerprint density at radius 3 is 2.65 bits per heavy atom. The van der Waals surface area contributed by atoms with E-state index in [0.717, 1.165) is 25.3 Å². The van der Waals surface area contributed by atoms with Crippen molar-refractivity contribution in [2.75, 3.05) is 33.3 Å². The SMILES string of the molecule is CCN(CC)CC(=O)NCCc1cccc2ccc(OC)cc12. The Bertz CT molecular complexity index is 651. The van der Waals surface area contributed by atoms with Crippen LogP contribution in [0.2, 0.25) is 0 Å². The molecule has 0 aliphatic carbocycles. The lowest BCUT2D eigenvalue weighted by molar-refractivity contribution is -0.122. The lowest BCUT2D eigenvalue weighted by atomic mass is 10.0. The highest BCUT2D eigenvalue weighted by molar-refractivity contribution is 5.87. The van der Waals surface area contributed by atoms with E-state index in [4.69, 9.17) is 4.74 Å². The van der Waals surface area contributed by atoms with Crippen molar-refractivity contribution in [3.63, 3.8) is 0 Å². The van der Waals surface area contributed by atoms with Crippen LogP contribution in [0.3, 0.4) is 0 Å². The third-order valence-electron chi connectivity index (χ3n) is 4.16. The highest BCUT2D eigenvalue weighted by Gasteiger charge is 2.07. The summed E-state index contributed by atoms with van der Waals surface area (Å²) in [5.41, 5.74) is 1.23. The van der Waals surface area contributed by atoms with Crippen LogP contribution in [-0.2, 0) is 11.2 Å². The number of amides is 1. The zero-order valence-corrected chi connectivity index (χ0v) is 14.3. The molecule has 0 atom stereocenters. The summed E-state index contributed by atoms with van der Waals surface area (Å²) in [5, 5.41) is 5.39. The van der Waals surface area contributed by atoms with Gasteiger partial charge < -0.3 is 10.1 Å². The van der Waals surface area contributed by atoms with E-state index < -0.39 is 0 Å². The number of nitrogens with one attached hydrogen (secondary N) is 1. The fourth-order valence-electron chi connectivity index (χ4n) is 2.70. The van der Waals surface area contributed by atoms with Gasteiger partial charge in [-0.2, -0.15) is 0 Å². The minimum absolute atomic E-state index is 0.0894. The average Bonchev–Trinajstić information content (AvgIpc) is 2.59. The minimum atomic E-state index is 0.0894. The number of hydrogen-bond donors (Lipinski definition) is 1. The summed E-state index contributed by atoms with van der Waals surface area (Å²) >= 11 is 0. The summed E-state index contributed by atoms with van der Waals surface area (Å²) in [5.74, 6) is 0.946. The number of fused-ring (bicyclic) bond motifs is 1. The van der Waals surface area contributed by atoms with Gasteiger partial charge in [-0.15, -0.1) is 0 Å². The van der Waals surface area contributed by atoms with E-state index in [1.807, 2.05) is 6.07 Å². The van der Waals surface area contributed by atoms with Crippen LogP contribution in [0.1, 0.15) is 19.4 Å². The summed E-state index contributed by atoms with van der Waals surface area (Å²) in [6, 6.07) is 12.4. The predicted molar refractivity (Wildman–Crippen MR) is 95.0 cm³/mol. The molecule has 0 saturated heterocycles. The highest BCUT2D eigenvalue weighted by Crippen LogP contribution is 2.24. The van der Waals surface area contributed by atoms with Crippen LogP contribution < -0.4 is 10.1 Å². The van der Waals surface area contributed by atoms with E-state index in [2.05, 4.69) is 54.4 Å². The second-order valence-electron chi connectivity index (χ2n) is 5.57. The highest BCUT2D eigenvalue weighted by atomic mass is 16.5. The summed E-state index contributed by atoms with van der Waals surface area (Å²) < 4.78 is 5.31. The molecule has 0 bridgehead atoms. The van der Waals surface area contributed by atoms with Crippen molar-refractivity contribution < 1.29 is 9.53 Å². The van der Waals surface area contributed by atoms with Gasteiger partial charge in [0.2, 0.25) is 5.91 Å². The summed E-state index contributed by atoms with van der Waals surface area (Å²) in [4.78, 5) is 14.1. The van der Waals surface area contributed by atoms with Gasteiger partial charge in [-0.3, -0.25) is 9.69 Å². The molecule has 0 spiro atoms. The van der Waals surface area contributed by atoms with E-state index in [9.17, 15) is 4.79 Å². The number of carbonyl (C=O) groups is 1. The molecule has 23 heavy (non-hydrogen) atoms. The second kappa shape index (κ2) is 8.53. The average molecular weight is 314 g/mol. The molecule has 0 fully saturated rings. The Hall–Kier alpha value is -2.07. The molecule has 0 unspecified atom stereocenters. The van der Waals surface area contributed by atoms with Crippen LogP contribution in [0, 0.1) is 0 Å². The van der Waals surface area contributed by atoms with E-state index in [0.29, 0.717) is 13.1 Å². The summed E-state index contributed by atoms with van der Waals surface area (Å²) in [6.45, 7) is 7.05. The lowest BCUT2D eigenvalue weighted by Crippen LogP contribution is -2.37. The first-order valence-corrected chi connectivity index (χ1v) is 8.22. The molecular weight excluding hydrogens is 288 g/mol. The lowest BCUT2D eigenvalue weighted by Gasteiger charge is -2.17. The van der Waals surface area contributed by atoms with E-state index >= 15 is 0 Å². The predicted octanol–water partition coefficient (Wildman–Crippen LogP) is 2.85. The van der Waals surface area contributed by atoms with Crippen molar-refractivity contribution >= 4 is 16.7 Å². The third kappa shape index (κ3) is 4.70. The zero-order chi connectivity index (χ0) is 16.7. The second-order valence-corrected chi connectivity index (χ2v) is 5.57. The molecule has 2 aromatic carbocycles. The number of nitrogens with zero attached hydrogens (tertiary/aromatic N) is 1. The van der Waals surface area contributed by atoms with Crippen molar-refractivity contribution in [2.45, 2.75) is 20.3 Å². The quantitative estimate of drug-likeness (QED) is 0.814. The molecule has 4 heteroatoms. The number of carbonyl (C=O) groups excluding carboxylic acids is 1. The molecule has 1 amide bonds. The Kier molecular flexibility index (Phi) is 6.41. The molecule has 2 aromatic rings. The van der Waals surface area contributed by atoms with Gasteiger partial charge in [-0.1, -0.05) is 38.1 Å². The molecule has 0 aliphatic rings. The fourth-order valence-corrected chi connectivity index (χ4v) is 2.70. The van der Waals surface area contributed by atoms with E-state index in [1.54, 1.807) is 7.11 Å². The van der Waals surface area contributed by atoms with Crippen LogP contribution >= 0.6 is 0 Å². The zero-order valence-electron chi connectivity index (χ0n) is 14.3. The van der Waals surface area contributed by atoms with Gasteiger partial charge in [0.25, 0.3) is 0 Å². The number of ether oxygens (including phenoxy) is 1. The maximum Gasteiger partial charge on any atom is 0.234 e. The van der Waals surface area contributed by atoms with Crippen molar-refractivity contribution in [1.29, 1.82) is 0 Å². The van der Waals surface area contributed by atoms with Crippen molar-refractivity contribution in [3.8, 4) is 5.75 Å². The maximum atomic E-state index is 12.0. The fraction of sp³-hybridized carbons (Fsp3) is 0.421. The van der Waals surface area contributed by atoms with Crippen molar-refractivity contribution in [1.82, 2.24) is 10.2 Å². The van der Waals surface area contributed by atoms with Gasteiger partial charge in [0, 0.05) is 6.54 Å². The third-order valence-corrected chi connectivity index (χ3v) is 4.16. The number of rotatable bonds is 8. The van der Waals surface area contributed by atoms with Crippen LogP contribution in [0.15, 0.2) is 36.4 Å². The van der Waals surface area contributed by atoms with Crippen LogP contribution in [0.5, 0.6) is 5.75 Å². The molecule has 0 aromatic heterocycles. The smallest absolute Gasteiger partial charge is 0.234 e. The van der Waals surface area contributed by atoms with Gasteiger partial charge >= 0.3 is 0 Å². The molecular formula is C19H26N2O2. The van der Waals surface area contributed by atoms with Crippen LogP contribution in [0.25, 0.3) is 10.8 Å².